The number of alkyl halides is 1. The number of benzene rings is 1. The first-order chi connectivity index (χ1) is 7.29. The SMILES string of the molecule is CN1CCC(c2ccc(CCCl)cc2)C1. The van der Waals surface area contributed by atoms with E-state index in [9.17, 15) is 0 Å². The zero-order chi connectivity index (χ0) is 10.7. The van der Waals surface area contributed by atoms with Crippen LogP contribution < -0.4 is 0 Å². The Bertz CT molecular complexity index is 307. The first-order valence-corrected chi connectivity index (χ1v) is 6.16. The number of rotatable bonds is 3. The van der Waals surface area contributed by atoms with Gasteiger partial charge in [0.2, 0.25) is 0 Å². The van der Waals surface area contributed by atoms with E-state index in [0.717, 1.165) is 12.3 Å². The predicted molar refractivity (Wildman–Crippen MR) is 65.7 cm³/mol. The molecule has 82 valence electrons. The Morgan fingerprint density at radius 1 is 1.33 bits per heavy atom. The van der Waals surface area contributed by atoms with Gasteiger partial charge in [0, 0.05) is 12.4 Å². The van der Waals surface area contributed by atoms with Crippen LogP contribution in [0.2, 0.25) is 0 Å². The summed E-state index contributed by atoms with van der Waals surface area (Å²) in [5.74, 6) is 1.45. The summed E-state index contributed by atoms with van der Waals surface area (Å²) in [4.78, 5) is 2.40. The molecule has 0 amide bonds. The van der Waals surface area contributed by atoms with Gasteiger partial charge in [0.25, 0.3) is 0 Å². The van der Waals surface area contributed by atoms with Gasteiger partial charge in [-0.2, -0.15) is 0 Å². The molecule has 1 aliphatic rings. The lowest BCUT2D eigenvalue weighted by molar-refractivity contribution is 0.411. The second-order valence-electron chi connectivity index (χ2n) is 4.43. The molecule has 1 aromatic rings. The van der Waals surface area contributed by atoms with Crippen LogP contribution in [-0.2, 0) is 6.42 Å². The van der Waals surface area contributed by atoms with Crippen molar-refractivity contribution in [3.05, 3.63) is 35.4 Å². The minimum atomic E-state index is 0.714. The van der Waals surface area contributed by atoms with Crippen molar-refractivity contribution in [1.29, 1.82) is 0 Å². The quantitative estimate of drug-likeness (QED) is 0.713. The van der Waals surface area contributed by atoms with Crippen molar-refractivity contribution in [2.24, 2.45) is 0 Å². The number of likely N-dealkylation sites (N-methyl/N-ethyl adjacent to an activating group) is 1. The van der Waals surface area contributed by atoms with Gasteiger partial charge < -0.3 is 4.90 Å². The first kappa shape index (κ1) is 11.0. The first-order valence-electron chi connectivity index (χ1n) is 5.63. The third kappa shape index (κ3) is 2.73. The van der Waals surface area contributed by atoms with E-state index in [0.29, 0.717) is 5.88 Å². The summed E-state index contributed by atoms with van der Waals surface area (Å²) in [6.07, 6.45) is 2.28. The van der Waals surface area contributed by atoms with Crippen LogP contribution in [0, 0.1) is 0 Å². The minimum Gasteiger partial charge on any atom is -0.306 e. The summed E-state index contributed by atoms with van der Waals surface area (Å²) < 4.78 is 0. The molecule has 2 rings (SSSR count). The molecule has 0 saturated carbocycles. The maximum absolute atomic E-state index is 5.72. The average Bonchev–Trinajstić information content (AvgIpc) is 2.67. The van der Waals surface area contributed by atoms with Crippen LogP contribution >= 0.6 is 11.6 Å². The van der Waals surface area contributed by atoms with Crippen LogP contribution in [0.4, 0.5) is 0 Å². The highest BCUT2D eigenvalue weighted by Gasteiger charge is 2.20. The molecule has 0 radical (unpaired) electrons. The van der Waals surface area contributed by atoms with Crippen LogP contribution in [0.3, 0.4) is 0 Å². The van der Waals surface area contributed by atoms with E-state index in [1.807, 2.05) is 0 Å². The van der Waals surface area contributed by atoms with E-state index in [4.69, 9.17) is 11.6 Å². The van der Waals surface area contributed by atoms with E-state index < -0.39 is 0 Å². The van der Waals surface area contributed by atoms with Gasteiger partial charge in [-0.3, -0.25) is 0 Å². The summed E-state index contributed by atoms with van der Waals surface area (Å²) >= 11 is 5.72. The van der Waals surface area contributed by atoms with Gasteiger partial charge in [0.05, 0.1) is 0 Å². The van der Waals surface area contributed by atoms with E-state index in [1.165, 1.54) is 30.6 Å². The maximum Gasteiger partial charge on any atom is 0.0263 e. The zero-order valence-corrected chi connectivity index (χ0v) is 10.0. The third-order valence-corrected chi connectivity index (χ3v) is 3.41. The molecule has 0 N–H and O–H groups in total. The van der Waals surface area contributed by atoms with Gasteiger partial charge in [-0.25, -0.2) is 0 Å². The molecule has 1 nitrogen and oxygen atoms in total. The van der Waals surface area contributed by atoms with Crippen LogP contribution in [0.15, 0.2) is 24.3 Å². The number of aryl methyl sites for hydroxylation is 1. The van der Waals surface area contributed by atoms with Gasteiger partial charge >= 0.3 is 0 Å². The maximum atomic E-state index is 5.72. The second-order valence-corrected chi connectivity index (χ2v) is 4.81. The van der Waals surface area contributed by atoms with Crippen molar-refractivity contribution < 1.29 is 0 Å². The van der Waals surface area contributed by atoms with Crippen molar-refractivity contribution in [3.8, 4) is 0 Å². The molecule has 1 heterocycles. The Labute approximate surface area is 97.0 Å². The number of likely N-dealkylation sites (tertiary alicyclic amines) is 1. The predicted octanol–water partition coefficient (Wildman–Crippen LogP) is 2.89. The molecular formula is C13H18ClN. The van der Waals surface area contributed by atoms with Crippen molar-refractivity contribution in [2.45, 2.75) is 18.8 Å². The van der Waals surface area contributed by atoms with Gasteiger partial charge in [-0.1, -0.05) is 24.3 Å². The van der Waals surface area contributed by atoms with Crippen molar-refractivity contribution in [1.82, 2.24) is 4.90 Å². The van der Waals surface area contributed by atoms with Crippen LogP contribution in [-0.4, -0.2) is 30.9 Å². The molecule has 1 fully saturated rings. The lowest BCUT2D eigenvalue weighted by Gasteiger charge is -2.11. The van der Waals surface area contributed by atoms with Crippen molar-refractivity contribution >= 4 is 11.6 Å². The van der Waals surface area contributed by atoms with Crippen LogP contribution in [0.25, 0.3) is 0 Å². The Morgan fingerprint density at radius 3 is 2.60 bits per heavy atom. The second kappa shape index (κ2) is 5.00. The number of hydrogen-bond donors (Lipinski definition) is 0. The zero-order valence-electron chi connectivity index (χ0n) is 9.25. The summed E-state index contributed by atoms with van der Waals surface area (Å²) in [7, 11) is 2.20. The monoisotopic (exact) mass is 223 g/mol. The number of halogens is 1. The van der Waals surface area contributed by atoms with Gasteiger partial charge in [0.1, 0.15) is 0 Å². The minimum absolute atomic E-state index is 0.714. The normalized spacial score (nSPS) is 22.1. The van der Waals surface area contributed by atoms with Gasteiger partial charge in [0.15, 0.2) is 0 Å². The standard InChI is InChI=1S/C13H18ClN/c1-15-9-7-13(10-15)12-4-2-11(3-5-12)6-8-14/h2-5,13H,6-10H2,1H3. The fourth-order valence-electron chi connectivity index (χ4n) is 2.27. The summed E-state index contributed by atoms with van der Waals surface area (Å²) in [5.41, 5.74) is 2.83. The summed E-state index contributed by atoms with van der Waals surface area (Å²) in [6, 6.07) is 8.98. The molecule has 1 aromatic carbocycles. The van der Waals surface area contributed by atoms with E-state index in [-0.39, 0.29) is 0 Å². The number of hydrogen-bond acceptors (Lipinski definition) is 1. The summed E-state index contributed by atoms with van der Waals surface area (Å²) in [6.45, 7) is 2.43. The van der Waals surface area contributed by atoms with Crippen LogP contribution in [0.1, 0.15) is 23.5 Å². The topological polar surface area (TPSA) is 3.24 Å². The average molecular weight is 224 g/mol. The highest BCUT2D eigenvalue weighted by Crippen LogP contribution is 2.26. The molecule has 1 atom stereocenters. The Kier molecular flexibility index (Phi) is 3.66. The fourth-order valence-corrected chi connectivity index (χ4v) is 2.49. The molecule has 2 heteroatoms. The van der Waals surface area contributed by atoms with E-state index >= 15 is 0 Å². The third-order valence-electron chi connectivity index (χ3n) is 3.23. The lowest BCUT2D eigenvalue weighted by Crippen LogP contribution is -2.13. The highest BCUT2D eigenvalue weighted by atomic mass is 35.5. The van der Waals surface area contributed by atoms with Crippen molar-refractivity contribution in [2.75, 3.05) is 26.0 Å². The lowest BCUT2D eigenvalue weighted by atomic mass is 9.97. The van der Waals surface area contributed by atoms with E-state index in [1.54, 1.807) is 0 Å². The summed E-state index contributed by atoms with van der Waals surface area (Å²) in [5, 5.41) is 0. The molecule has 1 saturated heterocycles. The molecular weight excluding hydrogens is 206 g/mol. The largest absolute Gasteiger partial charge is 0.306 e. The highest BCUT2D eigenvalue weighted by molar-refractivity contribution is 6.17. The molecule has 15 heavy (non-hydrogen) atoms. The fraction of sp³-hybridized carbons (Fsp3) is 0.538. The molecule has 0 aliphatic carbocycles. The van der Waals surface area contributed by atoms with E-state index in [2.05, 4.69) is 36.2 Å². The smallest absolute Gasteiger partial charge is 0.0263 e. The Balaban J connectivity index is 2.03. The van der Waals surface area contributed by atoms with Crippen LogP contribution in [0.5, 0.6) is 0 Å². The molecule has 1 aliphatic heterocycles. The Hall–Kier alpha value is -0.530. The molecule has 1 unspecified atom stereocenters. The molecule has 0 spiro atoms. The Morgan fingerprint density at radius 2 is 2.07 bits per heavy atom. The number of nitrogens with zero attached hydrogens (tertiary/aromatic N) is 1. The molecule has 0 aromatic heterocycles. The van der Waals surface area contributed by atoms with Crippen molar-refractivity contribution in [3.63, 3.8) is 0 Å². The molecule has 0 bridgehead atoms. The van der Waals surface area contributed by atoms with Gasteiger partial charge in [-0.15, -0.1) is 11.6 Å². The van der Waals surface area contributed by atoms with Gasteiger partial charge in [-0.05, 0) is 43.5 Å².